The van der Waals surface area contributed by atoms with Crippen LogP contribution in [0.3, 0.4) is 0 Å². The Morgan fingerprint density at radius 2 is 1.05 bits per heavy atom. The molecule has 0 spiro atoms. The number of ether oxygens (including phenoxy) is 5. The molecule has 1 aliphatic rings. The number of aldehydes is 1. The Balaban J connectivity index is 1.50. The molecule has 5 rings (SSSR count). The van der Waals surface area contributed by atoms with E-state index in [4.69, 9.17) is 23.7 Å². The topological polar surface area (TPSA) is 124 Å². The molecule has 55 heavy (non-hydrogen) atoms. The van der Waals surface area contributed by atoms with Crippen molar-refractivity contribution in [3.8, 4) is 0 Å². The molecule has 1 unspecified atom stereocenters. The van der Waals surface area contributed by atoms with Crippen LogP contribution in [0.25, 0.3) is 0 Å². The van der Waals surface area contributed by atoms with Crippen LogP contribution in [0.1, 0.15) is 43.0 Å². The van der Waals surface area contributed by atoms with Gasteiger partial charge in [-0.2, -0.15) is 0 Å². The van der Waals surface area contributed by atoms with Gasteiger partial charge in [-0.05, 0) is 43.0 Å². The van der Waals surface area contributed by atoms with Crippen LogP contribution >= 0.6 is 0 Å². The minimum absolute atomic E-state index is 0.0142. The molecule has 0 saturated carbocycles. The number of hydrogen-bond acceptors (Lipinski definition) is 9. The molecular formula is C44H52N2O9. The van der Waals surface area contributed by atoms with E-state index >= 15 is 0 Å². The summed E-state index contributed by atoms with van der Waals surface area (Å²) in [5.41, 5.74) is 0.270. The molecule has 1 aliphatic heterocycles. The summed E-state index contributed by atoms with van der Waals surface area (Å²) in [5, 5.41) is 12.3. The molecule has 4 atom stereocenters. The predicted octanol–water partition coefficient (Wildman–Crippen LogP) is 5.97. The van der Waals surface area contributed by atoms with Crippen molar-refractivity contribution in [2.45, 2.75) is 76.7 Å². The summed E-state index contributed by atoms with van der Waals surface area (Å²) in [6, 6.07) is 37.5. The molecule has 4 aromatic carbocycles. The minimum Gasteiger partial charge on any atom is -0.444 e. The Bertz CT molecular complexity index is 1750. The molecular weight excluding hydrogens is 700 g/mol. The molecule has 0 aromatic heterocycles. The quantitative estimate of drug-likeness (QED) is 0.123. The second kappa shape index (κ2) is 20.1. The van der Waals surface area contributed by atoms with Crippen LogP contribution in [0, 0.1) is 0 Å². The van der Waals surface area contributed by atoms with Gasteiger partial charge in [0.25, 0.3) is 5.91 Å². The van der Waals surface area contributed by atoms with Crippen LogP contribution in [-0.4, -0.2) is 95.5 Å². The van der Waals surface area contributed by atoms with E-state index in [0.29, 0.717) is 6.29 Å². The largest absolute Gasteiger partial charge is 0.444 e. The lowest BCUT2D eigenvalue weighted by molar-refractivity contribution is -0.218. The molecule has 2 amide bonds. The highest BCUT2D eigenvalue weighted by molar-refractivity contribution is 5.82. The van der Waals surface area contributed by atoms with Crippen molar-refractivity contribution in [1.82, 2.24) is 9.80 Å². The van der Waals surface area contributed by atoms with Crippen LogP contribution in [0.4, 0.5) is 4.79 Å². The fourth-order valence-electron chi connectivity index (χ4n) is 6.16. The summed E-state index contributed by atoms with van der Waals surface area (Å²) < 4.78 is 31.2. The van der Waals surface area contributed by atoms with Gasteiger partial charge in [-0.1, -0.05) is 121 Å². The average molecular weight is 753 g/mol. The van der Waals surface area contributed by atoms with Gasteiger partial charge < -0.3 is 38.6 Å². The lowest BCUT2D eigenvalue weighted by Crippen LogP contribution is -2.62. The zero-order valence-electron chi connectivity index (χ0n) is 31.8. The number of hydrogen-bond donors (Lipinski definition) is 1. The van der Waals surface area contributed by atoms with Crippen molar-refractivity contribution in [2.24, 2.45) is 0 Å². The van der Waals surface area contributed by atoms with Crippen molar-refractivity contribution in [2.75, 3.05) is 32.8 Å². The van der Waals surface area contributed by atoms with Gasteiger partial charge in [-0.3, -0.25) is 9.59 Å². The average Bonchev–Trinajstić information content (AvgIpc) is 3.20. The molecule has 0 bridgehead atoms. The molecule has 11 heteroatoms. The van der Waals surface area contributed by atoms with Gasteiger partial charge in [-0.25, -0.2) is 4.79 Å². The van der Waals surface area contributed by atoms with E-state index < -0.39 is 48.1 Å². The van der Waals surface area contributed by atoms with Gasteiger partial charge in [0.15, 0.2) is 18.0 Å². The normalized spacial score (nSPS) is 16.1. The van der Waals surface area contributed by atoms with E-state index in [9.17, 15) is 19.5 Å². The Morgan fingerprint density at radius 3 is 1.51 bits per heavy atom. The van der Waals surface area contributed by atoms with Crippen LogP contribution in [0.5, 0.6) is 0 Å². The first-order valence-electron chi connectivity index (χ1n) is 18.6. The number of aliphatic hydroxyl groups is 1. The summed E-state index contributed by atoms with van der Waals surface area (Å²) >= 11 is 0. The predicted molar refractivity (Wildman–Crippen MR) is 207 cm³/mol. The summed E-state index contributed by atoms with van der Waals surface area (Å²) in [5.74, 6) is -0.440. The third-order valence-electron chi connectivity index (χ3n) is 9.05. The second-order valence-electron chi connectivity index (χ2n) is 14.6. The van der Waals surface area contributed by atoms with Gasteiger partial charge in [-0.15, -0.1) is 0 Å². The van der Waals surface area contributed by atoms with Crippen LogP contribution < -0.4 is 0 Å². The third kappa shape index (κ3) is 12.6. The molecule has 4 aromatic rings. The van der Waals surface area contributed by atoms with E-state index in [2.05, 4.69) is 0 Å². The molecule has 1 N–H and O–H groups in total. The maximum Gasteiger partial charge on any atom is 0.410 e. The van der Waals surface area contributed by atoms with Crippen LogP contribution in [0.15, 0.2) is 121 Å². The number of rotatable bonds is 18. The summed E-state index contributed by atoms with van der Waals surface area (Å²) in [4.78, 5) is 44.0. The van der Waals surface area contributed by atoms with Crippen molar-refractivity contribution in [3.63, 3.8) is 0 Å². The van der Waals surface area contributed by atoms with Gasteiger partial charge in [0.2, 0.25) is 0 Å². The number of carbonyl (C=O) groups is 3. The number of carbonyl (C=O) groups excluding carboxylic acids is 3. The molecule has 0 aliphatic carbocycles. The molecule has 1 heterocycles. The fourth-order valence-corrected chi connectivity index (χ4v) is 6.16. The zero-order chi connectivity index (χ0) is 39.1. The molecule has 11 nitrogen and oxygen atoms in total. The highest BCUT2D eigenvalue weighted by Gasteiger charge is 2.50. The Hall–Kier alpha value is -4.91. The van der Waals surface area contributed by atoms with Crippen LogP contribution in [-0.2, 0) is 59.7 Å². The lowest BCUT2D eigenvalue weighted by Gasteiger charge is -2.42. The zero-order valence-corrected chi connectivity index (χ0v) is 31.8. The van der Waals surface area contributed by atoms with Crippen molar-refractivity contribution in [1.29, 1.82) is 0 Å². The number of piperazine rings is 1. The lowest BCUT2D eigenvalue weighted by atomic mass is 9.90. The molecule has 1 saturated heterocycles. The first kappa shape index (κ1) is 41.3. The Morgan fingerprint density at radius 1 is 0.636 bits per heavy atom. The smallest absolute Gasteiger partial charge is 0.410 e. The molecule has 1 fully saturated rings. The SMILES string of the molecule is CC(C)(C)OC(=O)N1CCN(C(=O)[C@H](OCc2ccccc2)[C@@H](OCc2ccccc2)[C@H](OCc2ccccc2)C(O)(C=O)COCc2ccccc2)CC1. The van der Waals surface area contributed by atoms with Crippen molar-refractivity contribution >= 4 is 18.3 Å². The summed E-state index contributed by atoms with van der Waals surface area (Å²) in [6.45, 7) is 5.97. The maximum absolute atomic E-state index is 14.8. The van der Waals surface area contributed by atoms with E-state index in [1.165, 1.54) is 0 Å². The van der Waals surface area contributed by atoms with Crippen LogP contribution in [0.2, 0.25) is 0 Å². The van der Waals surface area contributed by atoms with E-state index in [-0.39, 0.29) is 52.6 Å². The highest BCUT2D eigenvalue weighted by atomic mass is 16.6. The Kier molecular flexibility index (Phi) is 15.1. The highest BCUT2D eigenvalue weighted by Crippen LogP contribution is 2.28. The number of benzene rings is 4. The first-order valence-corrected chi connectivity index (χ1v) is 18.6. The van der Waals surface area contributed by atoms with E-state index in [0.717, 1.165) is 22.3 Å². The third-order valence-corrected chi connectivity index (χ3v) is 9.05. The fraction of sp³-hybridized carbons (Fsp3) is 0.386. The number of amides is 2. The standard InChI is InChI=1S/C44H52N2O9/c1-43(2,3)55-42(49)46-26-24-45(25-27-46)41(48)39(53-30-36-20-12-6-13-21-36)38(52-29-35-18-10-5-11-19-35)40(54-31-37-22-14-7-15-23-37)44(50,32-47)33-51-28-34-16-8-4-9-17-34/h4-23,32,38-40,50H,24-31,33H2,1-3H3/t38-,39-,40+,44?/m1/s1. The first-order chi connectivity index (χ1) is 26.5. The van der Waals surface area contributed by atoms with Crippen molar-refractivity contribution in [3.05, 3.63) is 144 Å². The second-order valence-corrected chi connectivity index (χ2v) is 14.6. The monoisotopic (exact) mass is 752 g/mol. The van der Waals surface area contributed by atoms with E-state index in [1.54, 1.807) is 30.6 Å². The van der Waals surface area contributed by atoms with Gasteiger partial charge in [0.05, 0.1) is 33.0 Å². The maximum atomic E-state index is 14.8. The summed E-state index contributed by atoms with van der Waals surface area (Å²) in [7, 11) is 0. The molecule has 0 radical (unpaired) electrons. The Labute approximate surface area is 323 Å². The minimum atomic E-state index is -2.28. The van der Waals surface area contributed by atoms with Gasteiger partial charge in [0.1, 0.15) is 17.8 Å². The molecule has 292 valence electrons. The van der Waals surface area contributed by atoms with E-state index in [1.807, 2.05) is 121 Å². The van der Waals surface area contributed by atoms with Gasteiger partial charge >= 0.3 is 6.09 Å². The summed E-state index contributed by atoms with van der Waals surface area (Å²) in [6.07, 6.45) is -4.19. The van der Waals surface area contributed by atoms with Gasteiger partial charge in [0, 0.05) is 26.2 Å². The number of nitrogens with zero attached hydrogens (tertiary/aromatic N) is 2. The van der Waals surface area contributed by atoms with Crippen molar-refractivity contribution < 1.29 is 43.2 Å².